The third kappa shape index (κ3) is 3.55. The lowest BCUT2D eigenvalue weighted by atomic mass is 9.87. The quantitative estimate of drug-likeness (QED) is 0.873. The van der Waals surface area contributed by atoms with E-state index < -0.39 is 6.04 Å². The molecular weight excluding hydrogens is 246 g/mol. The van der Waals surface area contributed by atoms with Crippen LogP contribution in [0, 0.1) is 6.92 Å². The van der Waals surface area contributed by atoms with Gasteiger partial charge in [0.1, 0.15) is 0 Å². The first kappa shape index (κ1) is 14.5. The highest BCUT2D eigenvalue weighted by molar-refractivity contribution is 5.90. The summed E-state index contributed by atoms with van der Waals surface area (Å²) in [4.78, 5) is 12.5. The molecule has 20 heavy (non-hydrogen) atoms. The molecule has 2 N–H and O–H groups in total. The summed E-state index contributed by atoms with van der Waals surface area (Å²) in [5, 5.41) is 0. The fraction of sp³-hybridized carbons (Fsp3) is 0.222. The first-order valence-electron chi connectivity index (χ1n) is 6.89. The average molecular weight is 266 g/mol. The van der Waals surface area contributed by atoms with Crippen molar-refractivity contribution >= 4 is 5.78 Å². The lowest BCUT2D eigenvalue weighted by Crippen LogP contribution is -2.36. The van der Waals surface area contributed by atoms with Crippen LogP contribution in [0.1, 0.15) is 23.5 Å². The Morgan fingerprint density at radius 3 is 2.10 bits per heavy atom. The summed E-state index contributed by atoms with van der Waals surface area (Å²) >= 11 is 0. The van der Waals surface area contributed by atoms with Crippen LogP contribution in [0.15, 0.2) is 60.7 Å². The minimum absolute atomic E-state index is 0.0649. The van der Waals surface area contributed by atoms with Crippen LogP contribution in [0.5, 0.6) is 0 Å². The second kappa shape index (κ2) is 7.01. The molecule has 2 nitrogen and oxygen atoms in total. The minimum atomic E-state index is -0.482. The summed E-state index contributed by atoms with van der Waals surface area (Å²) in [6.45, 7) is 3.90. The van der Waals surface area contributed by atoms with Gasteiger partial charge in [-0.1, -0.05) is 67.6 Å². The Labute approximate surface area is 120 Å². The van der Waals surface area contributed by atoms with E-state index in [0.717, 1.165) is 11.1 Å². The number of hydrogen-bond donors (Lipinski definition) is 1. The highest BCUT2D eigenvalue weighted by Crippen LogP contribution is 2.22. The van der Waals surface area contributed by atoms with Gasteiger partial charge >= 0.3 is 0 Å². The van der Waals surface area contributed by atoms with Crippen molar-refractivity contribution in [2.75, 3.05) is 0 Å². The van der Waals surface area contributed by atoms with Gasteiger partial charge in [0.25, 0.3) is 0 Å². The zero-order chi connectivity index (χ0) is 14.4. The maximum absolute atomic E-state index is 12.5. The predicted octanol–water partition coefficient (Wildman–Crippen LogP) is 3.13. The standard InChI is InChI=1S/C18H20NO/c1-2-16(15-11-7-4-8-12-15)18(20)17(19)13-14-9-5-3-6-10-14/h3-12,16-17H,1-2,13,19H2/t16?,17-/m1/s1. The van der Waals surface area contributed by atoms with Crippen molar-refractivity contribution < 1.29 is 4.79 Å². The van der Waals surface area contributed by atoms with Crippen LogP contribution >= 0.6 is 0 Å². The number of carbonyl (C=O) groups excluding carboxylic acids is 1. The molecule has 0 fully saturated rings. The Kier molecular flexibility index (Phi) is 5.08. The number of nitrogens with two attached hydrogens (primary N) is 1. The molecule has 2 heteroatoms. The lowest BCUT2D eigenvalue weighted by molar-refractivity contribution is -0.121. The van der Waals surface area contributed by atoms with Crippen LogP contribution < -0.4 is 5.73 Å². The van der Waals surface area contributed by atoms with Gasteiger partial charge in [-0.3, -0.25) is 4.79 Å². The SMILES string of the molecule is [CH2]CC(C(=O)[C@H](N)Cc1ccccc1)c1ccccc1. The molecule has 0 spiro atoms. The highest BCUT2D eigenvalue weighted by atomic mass is 16.1. The molecule has 2 atom stereocenters. The molecule has 103 valence electrons. The summed E-state index contributed by atoms with van der Waals surface area (Å²) in [6.07, 6.45) is 1.11. The number of Topliss-reactive ketones (excluding diaryl/α,β-unsaturated/α-hetero) is 1. The summed E-state index contributed by atoms with van der Waals surface area (Å²) in [7, 11) is 0. The molecule has 1 unspecified atom stereocenters. The van der Waals surface area contributed by atoms with Gasteiger partial charge in [0.2, 0.25) is 0 Å². The van der Waals surface area contributed by atoms with E-state index in [1.807, 2.05) is 60.7 Å². The molecule has 0 bridgehead atoms. The molecular formula is C18H20NO. The summed E-state index contributed by atoms with van der Waals surface area (Å²) in [5.74, 6) is -0.148. The second-order valence-corrected chi connectivity index (χ2v) is 4.95. The molecule has 0 aromatic heterocycles. The van der Waals surface area contributed by atoms with Crippen LogP contribution in [-0.2, 0) is 11.2 Å². The van der Waals surface area contributed by atoms with E-state index in [1.165, 1.54) is 0 Å². The molecule has 0 aliphatic carbocycles. The van der Waals surface area contributed by atoms with Crippen molar-refractivity contribution in [1.29, 1.82) is 0 Å². The van der Waals surface area contributed by atoms with E-state index in [1.54, 1.807) is 0 Å². The Balaban J connectivity index is 2.09. The fourth-order valence-electron chi connectivity index (χ4n) is 2.39. The van der Waals surface area contributed by atoms with Crippen molar-refractivity contribution in [3.63, 3.8) is 0 Å². The van der Waals surface area contributed by atoms with Gasteiger partial charge in [-0.2, -0.15) is 0 Å². The molecule has 0 aliphatic rings. The van der Waals surface area contributed by atoms with Crippen LogP contribution in [0.2, 0.25) is 0 Å². The monoisotopic (exact) mass is 266 g/mol. The number of ketones is 1. The van der Waals surface area contributed by atoms with Crippen molar-refractivity contribution in [2.24, 2.45) is 5.73 Å². The normalized spacial score (nSPS) is 13.7. The molecule has 0 heterocycles. The molecule has 0 amide bonds. The van der Waals surface area contributed by atoms with E-state index in [0.29, 0.717) is 12.8 Å². The smallest absolute Gasteiger partial charge is 0.157 e. The van der Waals surface area contributed by atoms with Gasteiger partial charge < -0.3 is 5.73 Å². The van der Waals surface area contributed by atoms with Crippen molar-refractivity contribution in [3.8, 4) is 0 Å². The summed E-state index contributed by atoms with van der Waals surface area (Å²) < 4.78 is 0. The van der Waals surface area contributed by atoms with Crippen molar-refractivity contribution in [1.82, 2.24) is 0 Å². The average Bonchev–Trinajstić information content (AvgIpc) is 2.50. The van der Waals surface area contributed by atoms with E-state index in [4.69, 9.17) is 5.73 Å². The topological polar surface area (TPSA) is 43.1 Å². The molecule has 1 radical (unpaired) electrons. The minimum Gasteiger partial charge on any atom is -0.321 e. The van der Waals surface area contributed by atoms with Gasteiger partial charge in [-0.15, -0.1) is 0 Å². The van der Waals surface area contributed by atoms with E-state index >= 15 is 0 Å². The lowest BCUT2D eigenvalue weighted by Gasteiger charge is -2.19. The van der Waals surface area contributed by atoms with Gasteiger partial charge in [-0.25, -0.2) is 0 Å². The fourth-order valence-corrected chi connectivity index (χ4v) is 2.39. The first-order chi connectivity index (χ1) is 9.72. The Morgan fingerprint density at radius 2 is 1.55 bits per heavy atom. The number of rotatable bonds is 6. The van der Waals surface area contributed by atoms with Gasteiger partial charge in [-0.05, 0) is 24.0 Å². The molecule has 0 aliphatic heterocycles. The van der Waals surface area contributed by atoms with E-state index in [-0.39, 0.29) is 11.7 Å². The van der Waals surface area contributed by atoms with Crippen molar-refractivity contribution in [2.45, 2.75) is 24.8 Å². The Hall–Kier alpha value is -1.93. The maximum Gasteiger partial charge on any atom is 0.157 e. The molecule has 2 aromatic rings. The van der Waals surface area contributed by atoms with Crippen LogP contribution in [-0.4, -0.2) is 11.8 Å². The van der Waals surface area contributed by atoms with Gasteiger partial charge in [0.15, 0.2) is 5.78 Å². The first-order valence-corrected chi connectivity index (χ1v) is 6.89. The van der Waals surface area contributed by atoms with Crippen LogP contribution in [0.25, 0.3) is 0 Å². The highest BCUT2D eigenvalue weighted by Gasteiger charge is 2.24. The Bertz CT molecular complexity index is 536. The van der Waals surface area contributed by atoms with E-state index in [9.17, 15) is 4.79 Å². The van der Waals surface area contributed by atoms with Crippen LogP contribution in [0.4, 0.5) is 0 Å². The molecule has 0 saturated heterocycles. The Morgan fingerprint density at radius 1 is 1.00 bits per heavy atom. The predicted molar refractivity (Wildman–Crippen MR) is 82.3 cm³/mol. The van der Waals surface area contributed by atoms with Gasteiger partial charge in [0, 0.05) is 5.92 Å². The van der Waals surface area contributed by atoms with Crippen molar-refractivity contribution in [3.05, 3.63) is 78.7 Å². The van der Waals surface area contributed by atoms with Crippen LogP contribution in [0.3, 0.4) is 0 Å². The number of benzene rings is 2. The largest absolute Gasteiger partial charge is 0.321 e. The summed E-state index contributed by atoms with van der Waals surface area (Å²) in [6, 6.07) is 19.1. The molecule has 2 aromatic carbocycles. The summed E-state index contributed by atoms with van der Waals surface area (Å²) in [5.41, 5.74) is 8.17. The zero-order valence-electron chi connectivity index (χ0n) is 11.5. The molecule has 0 saturated carbocycles. The van der Waals surface area contributed by atoms with E-state index in [2.05, 4.69) is 6.92 Å². The number of hydrogen-bond acceptors (Lipinski definition) is 2. The number of carbonyl (C=O) groups is 1. The third-order valence-electron chi connectivity index (χ3n) is 3.50. The third-order valence-corrected chi connectivity index (χ3v) is 3.50. The van der Waals surface area contributed by atoms with Gasteiger partial charge in [0.05, 0.1) is 6.04 Å². The molecule has 2 rings (SSSR count). The maximum atomic E-state index is 12.5. The second-order valence-electron chi connectivity index (χ2n) is 4.95. The zero-order valence-corrected chi connectivity index (χ0v) is 11.5.